The first-order valence-electron chi connectivity index (χ1n) is 8.48. The molecule has 5 heteroatoms. The van der Waals surface area contributed by atoms with E-state index in [1.54, 1.807) is 0 Å². The molecular formula is C20H25N3O2. The highest BCUT2D eigenvalue weighted by Gasteiger charge is 2.10. The summed E-state index contributed by atoms with van der Waals surface area (Å²) in [6, 6.07) is 15.1. The van der Waals surface area contributed by atoms with E-state index in [9.17, 15) is 9.59 Å². The summed E-state index contributed by atoms with van der Waals surface area (Å²) in [7, 11) is 0. The first-order chi connectivity index (χ1) is 12.0. The van der Waals surface area contributed by atoms with E-state index in [4.69, 9.17) is 0 Å². The summed E-state index contributed by atoms with van der Waals surface area (Å²) in [6.45, 7) is 6.25. The highest BCUT2D eigenvalue weighted by atomic mass is 16.2. The SMILES string of the molecule is CCC(=O)Nc1ccc(C(C)NC(=O)NCc2ccccc2C)cc1. The fourth-order valence-corrected chi connectivity index (χ4v) is 2.42. The maximum Gasteiger partial charge on any atom is 0.315 e. The lowest BCUT2D eigenvalue weighted by Gasteiger charge is -2.16. The van der Waals surface area contributed by atoms with Crippen molar-refractivity contribution in [3.05, 3.63) is 65.2 Å². The third-order valence-electron chi connectivity index (χ3n) is 4.06. The Hall–Kier alpha value is -2.82. The Morgan fingerprint density at radius 3 is 2.36 bits per heavy atom. The molecule has 132 valence electrons. The minimum Gasteiger partial charge on any atom is -0.334 e. The molecular weight excluding hydrogens is 314 g/mol. The molecule has 2 aromatic carbocycles. The average molecular weight is 339 g/mol. The minimum atomic E-state index is -0.209. The molecule has 2 aromatic rings. The number of aryl methyl sites for hydroxylation is 1. The number of anilines is 1. The largest absolute Gasteiger partial charge is 0.334 e. The number of nitrogens with one attached hydrogen (secondary N) is 3. The molecule has 3 amide bonds. The number of urea groups is 1. The standard InChI is InChI=1S/C20H25N3O2/c1-4-19(24)23-18-11-9-16(10-12-18)15(3)22-20(25)21-13-17-8-6-5-7-14(17)2/h5-12,15H,4,13H2,1-3H3,(H,23,24)(H2,21,22,25). The zero-order valence-corrected chi connectivity index (χ0v) is 14.9. The van der Waals surface area contributed by atoms with Crippen molar-refractivity contribution >= 4 is 17.6 Å². The number of rotatable bonds is 6. The van der Waals surface area contributed by atoms with E-state index in [1.807, 2.05) is 69.3 Å². The van der Waals surface area contributed by atoms with Crippen LogP contribution in [0.2, 0.25) is 0 Å². The zero-order chi connectivity index (χ0) is 18.2. The first-order valence-corrected chi connectivity index (χ1v) is 8.48. The second-order valence-electron chi connectivity index (χ2n) is 6.00. The number of carbonyl (C=O) groups excluding carboxylic acids is 2. The molecule has 1 atom stereocenters. The van der Waals surface area contributed by atoms with Crippen LogP contribution >= 0.6 is 0 Å². The van der Waals surface area contributed by atoms with Crippen LogP contribution in [0.15, 0.2) is 48.5 Å². The number of benzene rings is 2. The maximum absolute atomic E-state index is 12.1. The Kier molecular flexibility index (Phi) is 6.57. The number of amides is 3. The van der Waals surface area contributed by atoms with Crippen molar-refractivity contribution in [2.24, 2.45) is 0 Å². The molecule has 3 N–H and O–H groups in total. The summed E-state index contributed by atoms with van der Waals surface area (Å²) in [5, 5.41) is 8.60. The lowest BCUT2D eigenvalue weighted by atomic mass is 10.1. The normalized spacial score (nSPS) is 11.5. The molecule has 0 aliphatic carbocycles. The van der Waals surface area contributed by atoms with Crippen molar-refractivity contribution < 1.29 is 9.59 Å². The molecule has 0 saturated carbocycles. The summed E-state index contributed by atoms with van der Waals surface area (Å²) in [6.07, 6.45) is 0.445. The van der Waals surface area contributed by atoms with Gasteiger partial charge in [-0.1, -0.05) is 43.3 Å². The molecule has 0 spiro atoms. The molecule has 0 aliphatic heterocycles. The van der Waals surface area contributed by atoms with Crippen molar-refractivity contribution in [1.82, 2.24) is 10.6 Å². The van der Waals surface area contributed by atoms with Gasteiger partial charge in [0.15, 0.2) is 0 Å². The van der Waals surface area contributed by atoms with Crippen LogP contribution < -0.4 is 16.0 Å². The first kappa shape index (κ1) is 18.5. The van der Waals surface area contributed by atoms with Gasteiger partial charge in [-0.2, -0.15) is 0 Å². The van der Waals surface area contributed by atoms with Crippen molar-refractivity contribution in [3.63, 3.8) is 0 Å². The van der Waals surface area contributed by atoms with Crippen molar-refractivity contribution in [2.45, 2.75) is 39.8 Å². The van der Waals surface area contributed by atoms with Gasteiger partial charge in [0.05, 0.1) is 6.04 Å². The molecule has 0 heterocycles. The molecule has 25 heavy (non-hydrogen) atoms. The average Bonchev–Trinajstić information content (AvgIpc) is 2.61. The van der Waals surface area contributed by atoms with E-state index in [0.29, 0.717) is 13.0 Å². The Balaban J connectivity index is 1.86. The molecule has 2 rings (SSSR count). The molecule has 1 unspecified atom stereocenters. The van der Waals surface area contributed by atoms with Crippen LogP contribution in [0.5, 0.6) is 0 Å². The molecule has 0 fully saturated rings. The Morgan fingerprint density at radius 2 is 1.72 bits per heavy atom. The van der Waals surface area contributed by atoms with Gasteiger partial charge < -0.3 is 16.0 Å². The van der Waals surface area contributed by atoms with Crippen molar-refractivity contribution in [1.29, 1.82) is 0 Å². The van der Waals surface area contributed by atoms with Crippen LogP contribution in [-0.4, -0.2) is 11.9 Å². The van der Waals surface area contributed by atoms with E-state index in [-0.39, 0.29) is 18.0 Å². The minimum absolute atomic E-state index is 0.0190. The Labute approximate surface area is 148 Å². The van der Waals surface area contributed by atoms with Crippen LogP contribution in [0.25, 0.3) is 0 Å². The third kappa shape index (κ3) is 5.64. The second-order valence-corrected chi connectivity index (χ2v) is 6.00. The molecule has 0 radical (unpaired) electrons. The maximum atomic E-state index is 12.1. The fourth-order valence-electron chi connectivity index (χ4n) is 2.42. The van der Waals surface area contributed by atoms with Gasteiger partial charge in [0.2, 0.25) is 5.91 Å². The van der Waals surface area contributed by atoms with Gasteiger partial charge in [0.25, 0.3) is 0 Å². The summed E-state index contributed by atoms with van der Waals surface area (Å²) in [5.41, 5.74) is 3.98. The van der Waals surface area contributed by atoms with E-state index in [0.717, 1.165) is 22.4 Å². The Morgan fingerprint density at radius 1 is 1.04 bits per heavy atom. The fraction of sp³-hybridized carbons (Fsp3) is 0.300. The van der Waals surface area contributed by atoms with Gasteiger partial charge in [0.1, 0.15) is 0 Å². The van der Waals surface area contributed by atoms with Crippen molar-refractivity contribution in [3.8, 4) is 0 Å². The predicted octanol–water partition coefficient (Wildman–Crippen LogP) is 3.90. The van der Waals surface area contributed by atoms with Gasteiger partial charge >= 0.3 is 6.03 Å². The molecule has 0 saturated heterocycles. The topological polar surface area (TPSA) is 70.2 Å². The van der Waals surface area contributed by atoms with Crippen LogP contribution in [0, 0.1) is 6.92 Å². The third-order valence-corrected chi connectivity index (χ3v) is 4.06. The van der Waals surface area contributed by atoms with Crippen LogP contribution in [0.3, 0.4) is 0 Å². The second kappa shape index (κ2) is 8.87. The van der Waals surface area contributed by atoms with Gasteiger partial charge in [-0.25, -0.2) is 4.79 Å². The smallest absolute Gasteiger partial charge is 0.315 e. The quantitative estimate of drug-likeness (QED) is 0.747. The summed E-state index contributed by atoms with van der Waals surface area (Å²) >= 11 is 0. The van der Waals surface area contributed by atoms with Crippen LogP contribution in [0.4, 0.5) is 10.5 Å². The number of hydrogen-bond acceptors (Lipinski definition) is 2. The Bertz CT molecular complexity index is 726. The lowest BCUT2D eigenvalue weighted by molar-refractivity contribution is -0.115. The molecule has 5 nitrogen and oxygen atoms in total. The van der Waals surface area contributed by atoms with Gasteiger partial charge in [0, 0.05) is 18.7 Å². The van der Waals surface area contributed by atoms with Gasteiger partial charge in [-0.05, 0) is 42.7 Å². The highest BCUT2D eigenvalue weighted by Crippen LogP contribution is 2.16. The van der Waals surface area contributed by atoms with E-state index >= 15 is 0 Å². The van der Waals surface area contributed by atoms with Gasteiger partial charge in [-0.15, -0.1) is 0 Å². The number of carbonyl (C=O) groups is 2. The number of hydrogen-bond donors (Lipinski definition) is 3. The van der Waals surface area contributed by atoms with E-state index in [2.05, 4.69) is 16.0 Å². The zero-order valence-electron chi connectivity index (χ0n) is 14.9. The van der Waals surface area contributed by atoms with E-state index in [1.165, 1.54) is 0 Å². The summed E-state index contributed by atoms with van der Waals surface area (Å²) in [4.78, 5) is 23.5. The summed E-state index contributed by atoms with van der Waals surface area (Å²) < 4.78 is 0. The molecule has 0 aromatic heterocycles. The van der Waals surface area contributed by atoms with Crippen LogP contribution in [-0.2, 0) is 11.3 Å². The van der Waals surface area contributed by atoms with Crippen LogP contribution in [0.1, 0.15) is 43.0 Å². The van der Waals surface area contributed by atoms with E-state index < -0.39 is 0 Å². The highest BCUT2D eigenvalue weighted by molar-refractivity contribution is 5.90. The van der Waals surface area contributed by atoms with Crippen molar-refractivity contribution in [2.75, 3.05) is 5.32 Å². The van der Waals surface area contributed by atoms with Gasteiger partial charge in [-0.3, -0.25) is 4.79 Å². The lowest BCUT2D eigenvalue weighted by Crippen LogP contribution is -2.36. The molecule has 0 bridgehead atoms. The monoisotopic (exact) mass is 339 g/mol. The molecule has 0 aliphatic rings. The summed E-state index contributed by atoms with van der Waals surface area (Å²) in [5.74, 6) is -0.0190. The predicted molar refractivity (Wildman–Crippen MR) is 100 cm³/mol.